The van der Waals surface area contributed by atoms with Gasteiger partial charge in [0.25, 0.3) is 0 Å². The second kappa shape index (κ2) is 10.8. The highest BCUT2D eigenvalue weighted by molar-refractivity contribution is 6.20. The van der Waals surface area contributed by atoms with Crippen molar-refractivity contribution in [1.82, 2.24) is 9.47 Å². The van der Waals surface area contributed by atoms with E-state index in [1.165, 1.54) is 25.7 Å². The molecule has 0 saturated carbocycles. The fourth-order valence-electron chi connectivity index (χ4n) is 4.75. The molecule has 0 amide bonds. The summed E-state index contributed by atoms with van der Waals surface area (Å²) in [6.45, 7) is 4.19. The second-order valence-electron chi connectivity index (χ2n) is 8.60. The van der Waals surface area contributed by atoms with Gasteiger partial charge in [-0.25, -0.2) is 0 Å². The van der Waals surface area contributed by atoms with E-state index in [2.05, 4.69) is 9.47 Å². The molecular formula is C26H30Cl2N2O2. The monoisotopic (exact) mass is 472 g/mol. The largest absolute Gasteiger partial charge is 0.339 e. The Bertz CT molecular complexity index is 1040. The third-order valence-corrected chi connectivity index (χ3v) is 6.87. The van der Waals surface area contributed by atoms with Crippen molar-refractivity contribution >= 4 is 56.6 Å². The summed E-state index contributed by atoms with van der Waals surface area (Å²) in [5.74, 6) is 0.709. The first-order valence-corrected chi connectivity index (χ1v) is 12.7. The lowest BCUT2D eigenvalue weighted by molar-refractivity contribution is 0.0981. The number of alkyl halides is 2. The highest BCUT2D eigenvalue weighted by atomic mass is 35.5. The van der Waals surface area contributed by atoms with Gasteiger partial charge in [-0.1, -0.05) is 12.8 Å². The zero-order valence-corrected chi connectivity index (χ0v) is 19.9. The first kappa shape index (κ1) is 23.3. The van der Waals surface area contributed by atoms with Crippen molar-refractivity contribution in [2.75, 3.05) is 31.4 Å². The van der Waals surface area contributed by atoms with Crippen LogP contribution >= 0.6 is 23.2 Å². The molecule has 4 nitrogen and oxygen atoms in total. The average Bonchev–Trinajstić information content (AvgIpc) is 2.93. The molecule has 4 rings (SSSR count). The number of ketones is 2. The standard InChI is InChI=1S/C26H30Cl2N2O2/c27-11-9-25(31)19-5-7-23-21(17-19)22-18-20(26(32)10-12-28)6-8-24(22)30(23)16-15-29-13-3-1-2-4-14-29/h5-8,17-18H,1-4,9-16H2. The molecule has 0 unspecified atom stereocenters. The number of carbonyl (C=O) groups excluding carboxylic acids is 2. The predicted octanol–water partition coefficient (Wildman–Crippen LogP) is 6.29. The van der Waals surface area contributed by atoms with Gasteiger partial charge in [-0.2, -0.15) is 0 Å². The van der Waals surface area contributed by atoms with Crippen molar-refractivity contribution in [1.29, 1.82) is 0 Å². The summed E-state index contributed by atoms with van der Waals surface area (Å²) >= 11 is 11.6. The number of carbonyl (C=O) groups is 2. The topological polar surface area (TPSA) is 42.3 Å². The molecule has 0 aliphatic carbocycles. The Morgan fingerprint density at radius 2 is 1.22 bits per heavy atom. The lowest BCUT2D eigenvalue weighted by Gasteiger charge is -2.20. The molecule has 0 radical (unpaired) electrons. The molecule has 1 saturated heterocycles. The number of hydrogen-bond donors (Lipinski definition) is 0. The SMILES string of the molecule is O=C(CCCl)c1ccc2c(c1)c1cc(C(=O)CCCl)ccc1n2CCN1CCCCCC1. The van der Waals surface area contributed by atoms with E-state index in [0.717, 1.165) is 48.0 Å². The van der Waals surface area contributed by atoms with E-state index in [0.29, 0.717) is 35.7 Å². The smallest absolute Gasteiger partial charge is 0.164 e. The summed E-state index contributed by atoms with van der Waals surface area (Å²) in [5.41, 5.74) is 3.53. The Morgan fingerprint density at radius 1 is 0.719 bits per heavy atom. The number of hydrogen-bond acceptors (Lipinski definition) is 3. The van der Waals surface area contributed by atoms with Gasteiger partial charge in [0.05, 0.1) is 0 Å². The minimum absolute atomic E-state index is 0.0433. The first-order chi connectivity index (χ1) is 15.6. The normalized spacial score (nSPS) is 15.3. The van der Waals surface area contributed by atoms with Crippen LogP contribution in [-0.2, 0) is 6.54 Å². The summed E-state index contributed by atoms with van der Waals surface area (Å²) in [6, 6.07) is 11.8. The maximum atomic E-state index is 12.5. The molecule has 32 heavy (non-hydrogen) atoms. The first-order valence-electron chi connectivity index (χ1n) is 11.6. The van der Waals surface area contributed by atoms with Crippen LogP contribution in [0.25, 0.3) is 21.8 Å². The second-order valence-corrected chi connectivity index (χ2v) is 9.35. The molecule has 1 aliphatic rings. The van der Waals surface area contributed by atoms with Crippen LogP contribution in [0.3, 0.4) is 0 Å². The minimum Gasteiger partial charge on any atom is -0.339 e. The Balaban J connectivity index is 1.76. The van der Waals surface area contributed by atoms with Crippen molar-refractivity contribution in [3.63, 3.8) is 0 Å². The fraction of sp³-hybridized carbons (Fsp3) is 0.462. The lowest BCUT2D eigenvalue weighted by Crippen LogP contribution is -2.28. The number of rotatable bonds is 9. The summed E-state index contributed by atoms with van der Waals surface area (Å²) in [7, 11) is 0. The van der Waals surface area contributed by atoms with Gasteiger partial charge < -0.3 is 9.47 Å². The van der Waals surface area contributed by atoms with Crippen molar-refractivity contribution in [2.45, 2.75) is 45.1 Å². The molecule has 3 aromatic rings. The zero-order chi connectivity index (χ0) is 22.5. The average molecular weight is 473 g/mol. The van der Waals surface area contributed by atoms with Crippen LogP contribution in [0.15, 0.2) is 36.4 Å². The van der Waals surface area contributed by atoms with Crippen LogP contribution < -0.4 is 0 Å². The third-order valence-electron chi connectivity index (χ3n) is 6.49. The summed E-state index contributed by atoms with van der Waals surface area (Å²) in [6.07, 6.45) is 5.82. The summed E-state index contributed by atoms with van der Waals surface area (Å²) in [4.78, 5) is 27.5. The molecule has 2 heterocycles. The third kappa shape index (κ3) is 5.03. The molecule has 0 N–H and O–H groups in total. The molecule has 0 spiro atoms. The number of benzene rings is 2. The number of fused-ring (bicyclic) bond motifs is 3. The van der Waals surface area contributed by atoms with Crippen LogP contribution in [0.4, 0.5) is 0 Å². The predicted molar refractivity (Wildman–Crippen MR) is 134 cm³/mol. The Kier molecular flexibility index (Phi) is 7.88. The van der Waals surface area contributed by atoms with E-state index < -0.39 is 0 Å². The van der Waals surface area contributed by atoms with Crippen LogP contribution in [0, 0.1) is 0 Å². The fourth-order valence-corrected chi connectivity index (χ4v) is 5.10. The molecule has 6 heteroatoms. The Hall–Kier alpha value is -1.88. The number of aromatic nitrogens is 1. The number of likely N-dealkylation sites (tertiary alicyclic amines) is 1. The molecule has 170 valence electrons. The molecule has 1 aliphatic heterocycles. The molecule has 1 aromatic heterocycles. The van der Waals surface area contributed by atoms with Crippen molar-refractivity contribution < 1.29 is 9.59 Å². The lowest BCUT2D eigenvalue weighted by atomic mass is 10.0. The van der Waals surface area contributed by atoms with Crippen molar-refractivity contribution in [2.24, 2.45) is 0 Å². The van der Waals surface area contributed by atoms with Crippen LogP contribution in [-0.4, -0.2) is 52.4 Å². The highest BCUT2D eigenvalue weighted by Crippen LogP contribution is 2.31. The number of nitrogens with zero attached hydrogens (tertiary/aromatic N) is 2. The molecular weight excluding hydrogens is 443 g/mol. The molecule has 1 fully saturated rings. The van der Waals surface area contributed by atoms with Crippen molar-refractivity contribution in [3.8, 4) is 0 Å². The van der Waals surface area contributed by atoms with Gasteiger partial charge >= 0.3 is 0 Å². The van der Waals surface area contributed by atoms with E-state index in [1.54, 1.807) is 0 Å². The maximum Gasteiger partial charge on any atom is 0.164 e. The number of Topliss-reactive ketones (excluding diaryl/α,β-unsaturated/α-hetero) is 2. The molecule has 0 bridgehead atoms. The van der Waals surface area contributed by atoms with E-state index in [1.807, 2.05) is 36.4 Å². The minimum atomic E-state index is 0.0433. The summed E-state index contributed by atoms with van der Waals surface area (Å²) < 4.78 is 2.33. The van der Waals surface area contributed by atoms with E-state index in [-0.39, 0.29) is 11.6 Å². The van der Waals surface area contributed by atoms with Crippen LogP contribution in [0.1, 0.15) is 59.2 Å². The maximum absolute atomic E-state index is 12.5. The van der Waals surface area contributed by atoms with Gasteiger partial charge in [-0.15, -0.1) is 23.2 Å². The van der Waals surface area contributed by atoms with Gasteiger partial charge in [-0.3, -0.25) is 9.59 Å². The number of halogens is 2. The van der Waals surface area contributed by atoms with Gasteiger partial charge in [-0.05, 0) is 62.3 Å². The molecule has 2 aromatic carbocycles. The Labute approximate surface area is 199 Å². The van der Waals surface area contributed by atoms with Gasteiger partial charge in [0.15, 0.2) is 11.6 Å². The molecule has 0 atom stereocenters. The summed E-state index contributed by atoms with van der Waals surface area (Å²) in [5, 5.41) is 2.02. The van der Waals surface area contributed by atoms with Gasteiger partial charge in [0.2, 0.25) is 0 Å². The zero-order valence-electron chi connectivity index (χ0n) is 18.4. The highest BCUT2D eigenvalue weighted by Gasteiger charge is 2.17. The van der Waals surface area contributed by atoms with E-state index >= 15 is 0 Å². The van der Waals surface area contributed by atoms with Gasteiger partial charge in [0.1, 0.15) is 0 Å². The van der Waals surface area contributed by atoms with Crippen LogP contribution in [0.5, 0.6) is 0 Å². The Morgan fingerprint density at radius 3 is 1.69 bits per heavy atom. The van der Waals surface area contributed by atoms with E-state index in [9.17, 15) is 9.59 Å². The van der Waals surface area contributed by atoms with Gasteiger partial charge in [0, 0.05) is 70.6 Å². The van der Waals surface area contributed by atoms with Crippen molar-refractivity contribution in [3.05, 3.63) is 47.5 Å². The van der Waals surface area contributed by atoms with E-state index in [4.69, 9.17) is 23.2 Å². The quantitative estimate of drug-likeness (QED) is 0.271. The van der Waals surface area contributed by atoms with Crippen LogP contribution in [0.2, 0.25) is 0 Å².